The van der Waals surface area contributed by atoms with E-state index >= 15 is 0 Å². The summed E-state index contributed by atoms with van der Waals surface area (Å²) in [6.45, 7) is 6.09. The van der Waals surface area contributed by atoms with E-state index in [9.17, 15) is 0 Å². The molecule has 0 bridgehead atoms. The van der Waals surface area contributed by atoms with Gasteiger partial charge in [0.25, 0.3) is 0 Å². The van der Waals surface area contributed by atoms with Crippen molar-refractivity contribution >= 4 is 39.4 Å². The van der Waals surface area contributed by atoms with Crippen LogP contribution in [0.4, 0.5) is 5.69 Å². The highest BCUT2D eigenvalue weighted by atomic mass is 79.9. The molecule has 0 aliphatic heterocycles. The third-order valence-corrected chi connectivity index (χ3v) is 4.82. The zero-order valence-corrected chi connectivity index (χ0v) is 16.6. The number of ether oxygens (including phenoxy) is 2. The number of methoxy groups -OCH3 is 1. The number of nitrogens with zero attached hydrogens (tertiary/aromatic N) is 1. The standard InChI is InChI=1S/C19H21BrClNO2/c1-5-13(3)24-19-17(21)9-14(10-18(19)23-4)11-22-15-6-7-16(20)12(2)8-15/h6-11,13H,5H2,1-4H3/t13-/m0/s1. The third kappa shape index (κ3) is 4.74. The molecule has 0 N–H and O–H groups in total. The van der Waals surface area contributed by atoms with Gasteiger partial charge in [-0.25, -0.2) is 0 Å². The first-order chi connectivity index (χ1) is 11.4. The summed E-state index contributed by atoms with van der Waals surface area (Å²) in [7, 11) is 1.61. The molecule has 2 rings (SSSR count). The molecule has 0 saturated carbocycles. The van der Waals surface area contributed by atoms with Crippen LogP contribution in [0.3, 0.4) is 0 Å². The van der Waals surface area contributed by atoms with Crippen LogP contribution in [-0.2, 0) is 0 Å². The number of hydrogen-bond donors (Lipinski definition) is 0. The molecule has 0 aliphatic rings. The van der Waals surface area contributed by atoms with Crippen molar-refractivity contribution in [1.29, 1.82) is 0 Å². The van der Waals surface area contributed by atoms with Crippen LogP contribution in [0, 0.1) is 6.92 Å². The highest BCUT2D eigenvalue weighted by molar-refractivity contribution is 9.10. The second-order valence-corrected chi connectivity index (χ2v) is 6.82. The van der Waals surface area contributed by atoms with E-state index in [1.807, 2.05) is 44.2 Å². The Balaban J connectivity index is 2.29. The molecule has 5 heteroatoms. The second-order valence-electron chi connectivity index (χ2n) is 5.56. The SMILES string of the molecule is CC[C@H](C)Oc1c(Cl)cc(C=Nc2ccc(Br)c(C)c2)cc1OC. The molecule has 24 heavy (non-hydrogen) atoms. The predicted octanol–water partition coefficient (Wildman–Crippen LogP) is 6.35. The first kappa shape index (κ1) is 18.8. The summed E-state index contributed by atoms with van der Waals surface area (Å²) < 4.78 is 12.3. The third-order valence-electron chi connectivity index (χ3n) is 3.65. The summed E-state index contributed by atoms with van der Waals surface area (Å²) in [4.78, 5) is 4.50. The van der Waals surface area contributed by atoms with Gasteiger partial charge < -0.3 is 9.47 Å². The van der Waals surface area contributed by atoms with Crippen molar-refractivity contribution < 1.29 is 9.47 Å². The van der Waals surface area contributed by atoms with Crippen molar-refractivity contribution in [3.8, 4) is 11.5 Å². The summed E-state index contributed by atoms with van der Waals surface area (Å²) in [6, 6.07) is 9.65. The molecule has 3 nitrogen and oxygen atoms in total. The van der Waals surface area contributed by atoms with Crippen LogP contribution in [0.25, 0.3) is 0 Å². The van der Waals surface area contributed by atoms with Gasteiger partial charge in [0.1, 0.15) is 0 Å². The summed E-state index contributed by atoms with van der Waals surface area (Å²) >= 11 is 9.86. The van der Waals surface area contributed by atoms with Gasteiger partial charge in [-0.3, -0.25) is 4.99 Å². The highest BCUT2D eigenvalue weighted by Gasteiger charge is 2.14. The minimum atomic E-state index is 0.0710. The van der Waals surface area contributed by atoms with Crippen LogP contribution in [-0.4, -0.2) is 19.4 Å². The van der Waals surface area contributed by atoms with Crippen molar-refractivity contribution in [2.45, 2.75) is 33.3 Å². The number of hydrogen-bond acceptors (Lipinski definition) is 3. The lowest BCUT2D eigenvalue weighted by molar-refractivity contribution is 0.208. The predicted molar refractivity (Wildman–Crippen MR) is 105 cm³/mol. The number of aliphatic imine (C=N–C) groups is 1. The van der Waals surface area contributed by atoms with Crippen LogP contribution in [0.15, 0.2) is 39.8 Å². The quantitative estimate of drug-likeness (QED) is 0.520. The first-order valence-corrected chi connectivity index (χ1v) is 8.96. The fourth-order valence-corrected chi connectivity index (χ4v) is 2.58. The maximum Gasteiger partial charge on any atom is 0.180 e. The molecule has 0 spiro atoms. The van der Waals surface area contributed by atoms with Gasteiger partial charge in [0.05, 0.1) is 23.9 Å². The Morgan fingerprint density at radius 1 is 1.29 bits per heavy atom. The Hall–Kier alpha value is -1.52. The van der Waals surface area contributed by atoms with Crippen LogP contribution in [0.5, 0.6) is 11.5 Å². The fraction of sp³-hybridized carbons (Fsp3) is 0.316. The molecular formula is C19H21BrClNO2. The van der Waals surface area contributed by atoms with E-state index in [2.05, 4.69) is 27.8 Å². The Kier molecular flexibility index (Phi) is 6.69. The van der Waals surface area contributed by atoms with E-state index in [1.165, 1.54) is 0 Å². The van der Waals surface area contributed by atoms with Gasteiger partial charge in [-0.05, 0) is 61.7 Å². The summed E-state index contributed by atoms with van der Waals surface area (Å²) in [5.74, 6) is 1.18. The number of halogens is 2. The van der Waals surface area contributed by atoms with E-state index in [1.54, 1.807) is 13.3 Å². The molecule has 1 atom stereocenters. The molecular weight excluding hydrogens is 390 g/mol. The molecule has 0 saturated heterocycles. The van der Waals surface area contributed by atoms with Crippen molar-refractivity contribution in [1.82, 2.24) is 0 Å². The average Bonchev–Trinajstić information content (AvgIpc) is 2.57. The van der Waals surface area contributed by atoms with Crippen LogP contribution < -0.4 is 9.47 Å². The number of aryl methyl sites for hydroxylation is 1. The van der Waals surface area contributed by atoms with Gasteiger partial charge in [0.15, 0.2) is 11.5 Å². The Bertz CT molecular complexity index is 746. The van der Waals surface area contributed by atoms with Crippen molar-refractivity contribution in [2.24, 2.45) is 4.99 Å². The maximum absolute atomic E-state index is 6.37. The smallest absolute Gasteiger partial charge is 0.180 e. The lowest BCUT2D eigenvalue weighted by Gasteiger charge is -2.17. The topological polar surface area (TPSA) is 30.8 Å². The first-order valence-electron chi connectivity index (χ1n) is 7.79. The molecule has 0 aliphatic carbocycles. The summed E-state index contributed by atoms with van der Waals surface area (Å²) in [5, 5.41) is 0.517. The molecule has 0 amide bonds. The zero-order valence-electron chi connectivity index (χ0n) is 14.3. The monoisotopic (exact) mass is 409 g/mol. The van der Waals surface area contributed by atoms with Gasteiger partial charge in [-0.2, -0.15) is 0 Å². The van der Waals surface area contributed by atoms with E-state index < -0.39 is 0 Å². The van der Waals surface area contributed by atoms with Gasteiger partial charge in [0, 0.05) is 10.7 Å². The molecule has 0 unspecified atom stereocenters. The molecule has 0 aromatic heterocycles. The van der Waals surface area contributed by atoms with E-state index in [0.29, 0.717) is 16.5 Å². The largest absolute Gasteiger partial charge is 0.493 e. The molecule has 2 aromatic carbocycles. The highest BCUT2D eigenvalue weighted by Crippen LogP contribution is 2.37. The van der Waals surface area contributed by atoms with E-state index in [0.717, 1.165) is 27.7 Å². The molecule has 2 aromatic rings. The fourth-order valence-electron chi connectivity index (χ4n) is 2.07. The Labute approximate surface area is 156 Å². The van der Waals surface area contributed by atoms with Crippen LogP contribution >= 0.6 is 27.5 Å². The van der Waals surface area contributed by atoms with Crippen LogP contribution in [0.2, 0.25) is 5.02 Å². The van der Waals surface area contributed by atoms with Crippen molar-refractivity contribution in [3.63, 3.8) is 0 Å². The molecule has 0 heterocycles. The van der Waals surface area contributed by atoms with Gasteiger partial charge in [0.2, 0.25) is 0 Å². The molecule has 0 fully saturated rings. The van der Waals surface area contributed by atoms with Gasteiger partial charge >= 0.3 is 0 Å². The lowest BCUT2D eigenvalue weighted by atomic mass is 10.2. The minimum Gasteiger partial charge on any atom is -0.493 e. The average molecular weight is 411 g/mol. The van der Waals surface area contributed by atoms with E-state index in [-0.39, 0.29) is 6.10 Å². The van der Waals surface area contributed by atoms with Crippen molar-refractivity contribution in [2.75, 3.05) is 7.11 Å². The summed E-state index contributed by atoms with van der Waals surface area (Å²) in [5.41, 5.74) is 2.87. The molecule has 128 valence electrons. The Morgan fingerprint density at radius 2 is 2.04 bits per heavy atom. The van der Waals surface area contributed by atoms with Crippen molar-refractivity contribution in [3.05, 3.63) is 51.0 Å². The normalized spacial score (nSPS) is 12.4. The summed E-state index contributed by atoms with van der Waals surface area (Å²) in [6.07, 6.45) is 2.73. The van der Waals surface area contributed by atoms with E-state index in [4.69, 9.17) is 21.1 Å². The van der Waals surface area contributed by atoms with Gasteiger partial charge in [-0.15, -0.1) is 0 Å². The number of benzene rings is 2. The minimum absolute atomic E-state index is 0.0710. The zero-order chi connectivity index (χ0) is 17.7. The van der Waals surface area contributed by atoms with Crippen LogP contribution in [0.1, 0.15) is 31.4 Å². The van der Waals surface area contributed by atoms with Gasteiger partial charge in [-0.1, -0.05) is 34.5 Å². The number of rotatable bonds is 6. The lowest BCUT2D eigenvalue weighted by Crippen LogP contribution is -2.11. The maximum atomic E-state index is 6.37. The Morgan fingerprint density at radius 3 is 2.67 bits per heavy atom. The second kappa shape index (κ2) is 8.54. The molecule has 0 radical (unpaired) electrons.